The number of amides is 4. The Bertz CT molecular complexity index is 677. The van der Waals surface area contributed by atoms with Crippen molar-refractivity contribution in [2.45, 2.75) is 18.9 Å². The highest BCUT2D eigenvalue weighted by atomic mass is 127. The Morgan fingerprint density at radius 2 is 1.76 bits per heavy atom. The van der Waals surface area contributed by atoms with E-state index in [0.29, 0.717) is 11.1 Å². The van der Waals surface area contributed by atoms with Crippen LogP contribution in [0, 0.1) is 3.57 Å². The van der Waals surface area contributed by atoms with E-state index in [4.69, 9.17) is 0 Å². The highest BCUT2D eigenvalue weighted by molar-refractivity contribution is 14.1. The third kappa shape index (κ3) is 2.28. The second-order valence-electron chi connectivity index (χ2n) is 4.87. The molecule has 1 aromatic rings. The predicted octanol–water partition coefficient (Wildman–Crippen LogP) is 0.193. The van der Waals surface area contributed by atoms with E-state index in [1.807, 2.05) is 0 Å². The lowest BCUT2D eigenvalue weighted by Crippen LogP contribution is -2.54. The molecule has 2 aliphatic rings. The number of benzene rings is 1. The van der Waals surface area contributed by atoms with Crippen LogP contribution in [0.4, 0.5) is 0 Å². The SMILES string of the molecule is O=C1CCC(N2C(=O)c3cc(P)c(I)cc3C2=O)C(=O)N1. The molecule has 2 unspecified atom stereocenters. The molecule has 2 aliphatic heterocycles. The lowest BCUT2D eigenvalue weighted by atomic mass is 10.0. The van der Waals surface area contributed by atoms with Crippen molar-refractivity contribution in [1.82, 2.24) is 10.2 Å². The number of imide groups is 2. The number of piperidine rings is 1. The molecular weight excluding hydrogens is 406 g/mol. The number of hydrogen-bond donors (Lipinski definition) is 1. The molecule has 21 heavy (non-hydrogen) atoms. The van der Waals surface area contributed by atoms with Crippen molar-refractivity contribution < 1.29 is 19.2 Å². The third-order valence-corrected chi connectivity index (χ3v) is 5.56. The van der Waals surface area contributed by atoms with Gasteiger partial charge in [-0.2, -0.15) is 0 Å². The number of nitrogens with one attached hydrogen (secondary N) is 1. The van der Waals surface area contributed by atoms with Gasteiger partial charge in [-0.25, -0.2) is 0 Å². The van der Waals surface area contributed by atoms with Gasteiger partial charge in [-0.1, -0.05) is 0 Å². The molecule has 1 aromatic carbocycles. The Hall–Kier alpha value is -1.34. The molecule has 2 atom stereocenters. The quantitative estimate of drug-likeness (QED) is 0.403. The average molecular weight is 416 g/mol. The van der Waals surface area contributed by atoms with Crippen LogP contribution in [-0.2, 0) is 9.59 Å². The molecule has 0 spiro atoms. The molecule has 108 valence electrons. The zero-order valence-electron chi connectivity index (χ0n) is 10.7. The number of halogens is 1. The molecule has 0 radical (unpaired) electrons. The van der Waals surface area contributed by atoms with Gasteiger partial charge in [0.05, 0.1) is 11.1 Å². The van der Waals surface area contributed by atoms with E-state index in [-0.39, 0.29) is 18.7 Å². The molecule has 4 amide bonds. The predicted molar refractivity (Wildman–Crippen MR) is 85.2 cm³/mol. The Morgan fingerprint density at radius 1 is 1.14 bits per heavy atom. The van der Waals surface area contributed by atoms with Crippen molar-refractivity contribution in [2.75, 3.05) is 0 Å². The van der Waals surface area contributed by atoms with Crippen molar-refractivity contribution >= 4 is 60.8 Å². The van der Waals surface area contributed by atoms with Crippen molar-refractivity contribution in [2.24, 2.45) is 0 Å². The summed E-state index contributed by atoms with van der Waals surface area (Å²) in [6.07, 6.45) is 0.289. The molecule has 0 aliphatic carbocycles. The summed E-state index contributed by atoms with van der Waals surface area (Å²) in [6.45, 7) is 0. The molecule has 8 heteroatoms. The molecule has 0 bridgehead atoms. The van der Waals surface area contributed by atoms with Gasteiger partial charge in [-0.3, -0.25) is 29.4 Å². The number of fused-ring (bicyclic) bond motifs is 1. The molecule has 0 aromatic heterocycles. The first-order valence-electron chi connectivity index (χ1n) is 6.20. The summed E-state index contributed by atoms with van der Waals surface area (Å²) in [4.78, 5) is 48.9. The van der Waals surface area contributed by atoms with Gasteiger partial charge in [0.2, 0.25) is 11.8 Å². The Morgan fingerprint density at radius 3 is 2.38 bits per heavy atom. The molecule has 1 fully saturated rings. The summed E-state index contributed by atoms with van der Waals surface area (Å²) in [6, 6.07) is 2.36. The summed E-state index contributed by atoms with van der Waals surface area (Å²) in [5.74, 6) is -1.94. The van der Waals surface area contributed by atoms with Crippen LogP contribution in [0.3, 0.4) is 0 Å². The molecule has 2 heterocycles. The summed E-state index contributed by atoms with van der Waals surface area (Å²) < 4.78 is 0.850. The largest absolute Gasteiger partial charge is 0.295 e. The smallest absolute Gasteiger partial charge is 0.262 e. The topological polar surface area (TPSA) is 83.6 Å². The minimum atomic E-state index is -0.916. The lowest BCUT2D eigenvalue weighted by Gasteiger charge is -2.27. The fraction of sp³-hybridized carbons (Fsp3) is 0.231. The van der Waals surface area contributed by atoms with Crippen LogP contribution in [-0.4, -0.2) is 34.6 Å². The highest BCUT2D eigenvalue weighted by Gasteiger charge is 2.44. The number of carbonyl (C=O) groups excluding carboxylic acids is 4. The van der Waals surface area contributed by atoms with Crippen LogP contribution in [0.2, 0.25) is 0 Å². The Balaban J connectivity index is 2.00. The Kier molecular flexibility index (Phi) is 3.57. The van der Waals surface area contributed by atoms with E-state index >= 15 is 0 Å². The van der Waals surface area contributed by atoms with E-state index in [9.17, 15) is 19.2 Å². The Labute approximate surface area is 136 Å². The van der Waals surface area contributed by atoms with Gasteiger partial charge in [-0.05, 0) is 46.4 Å². The maximum atomic E-state index is 12.4. The second kappa shape index (κ2) is 5.14. The fourth-order valence-electron chi connectivity index (χ4n) is 2.51. The van der Waals surface area contributed by atoms with Crippen molar-refractivity contribution in [3.63, 3.8) is 0 Å². The molecular formula is C13H10IN2O4P. The van der Waals surface area contributed by atoms with Crippen molar-refractivity contribution in [3.8, 4) is 0 Å². The molecule has 6 nitrogen and oxygen atoms in total. The first-order valence-corrected chi connectivity index (χ1v) is 7.86. The minimum absolute atomic E-state index is 0.121. The van der Waals surface area contributed by atoms with Gasteiger partial charge >= 0.3 is 0 Å². The number of nitrogens with zero attached hydrogens (tertiary/aromatic N) is 1. The van der Waals surface area contributed by atoms with Crippen LogP contribution in [0.1, 0.15) is 33.6 Å². The van der Waals surface area contributed by atoms with Gasteiger partial charge < -0.3 is 0 Å². The standard InChI is InChI=1S/C13H10IN2O4P/c14-7-3-5-6(4-9(7)21)13(20)16(12(5)19)8-1-2-10(17)15-11(8)18/h3-4,8H,1-2,21H2,(H,15,17,18). The van der Waals surface area contributed by atoms with Crippen LogP contribution >= 0.6 is 31.8 Å². The van der Waals surface area contributed by atoms with Crippen LogP contribution in [0.5, 0.6) is 0 Å². The van der Waals surface area contributed by atoms with Gasteiger partial charge in [0, 0.05) is 9.99 Å². The maximum Gasteiger partial charge on any atom is 0.262 e. The first-order chi connectivity index (χ1) is 9.90. The average Bonchev–Trinajstić information content (AvgIpc) is 2.64. The van der Waals surface area contributed by atoms with Gasteiger partial charge in [0.15, 0.2) is 0 Å². The minimum Gasteiger partial charge on any atom is -0.295 e. The molecule has 0 saturated carbocycles. The summed E-state index contributed by atoms with van der Waals surface area (Å²) in [5, 5.41) is 2.99. The van der Waals surface area contributed by atoms with Crippen LogP contribution in [0.25, 0.3) is 0 Å². The third-order valence-electron chi connectivity index (χ3n) is 3.56. The van der Waals surface area contributed by atoms with Gasteiger partial charge in [0.1, 0.15) is 6.04 Å². The fourth-order valence-corrected chi connectivity index (χ4v) is 3.22. The number of hydrogen-bond acceptors (Lipinski definition) is 4. The summed E-state index contributed by atoms with van der Waals surface area (Å²) in [5.41, 5.74) is 0.607. The van der Waals surface area contributed by atoms with Gasteiger partial charge in [0.25, 0.3) is 11.8 Å². The van der Waals surface area contributed by atoms with Crippen LogP contribution in [0.15, 0.2) is 12.1 Å². The van der Waals surface area contributed by atoms with Gasteiger partial charge in [-0.15, -0.1) is 9.24 Å². The maximum absolute atomic E-state index is 12.4. The molecule has 3 rings (SSSR count). The second-order valence-corrected chi connectivity index (χ2v) is 6.65. The zero-order chi connectivity index (χ0) is 15.3. The first kappa shape index (κ1) is 14.6. The van der Waals surface area contributed by atoms with Crippen molar-refractivity contribution in [1.29, 1.82) is 0 Å². The summed E-state index contributed by atoms with van der Waals surface area (Å²) in [7, 11) is 2.51. The molecule has 1 N–H and O–H groups in total. The van der Waals surface area contributed by atoms with E-state index in [0.717, 1.165) is 13.8 Å². The summed E-state index contributed by atoms with van der Waals surface area (Å²) >= 11 is 2.08. The zero-order valence-corrected chi connectivity index (χ0v) is 14.0. The van der Waals surface area contributed by atoms with Crippen LogP contribution < -0.4 is 10.6 Å². The monoisotopic (exact) mass is 416 g/mol. The van der Waals surface area contributed by atoms with E-state index in [2.05, 4.69) is 37.1 Å². The molecule has 1 saturated heterocycles. The number of rotatable bonds is 1. The van der Waals surface area contributed by atoms with Crippen molar-refractivity contribution in [3.05, 3.63) is 26.8 Å². The lowest BCUT2D eigenvalue weighted by molar-refractivity contribution is -0.136. The number of carbonyl (C=O) groups is 4. The van der Waals surface area contributed by atoms with E-state index in [1.165, 1.54) is 0 Å². The normalized spacial score (nSPS) is 21.6. The van der Waals surface area contributed by atoms with E-state index < -0.39 is 23.8 Å². The van der Waals surface area contributed by atoms with E-state index in [1.54, 1.807) is 12.1 Å². The highest BCUT2D eigenvalue weighted by Crippen LogP contribution is 2.28.